The smallest absolute Gasteiger partial charge is 0.0995 e. The first-order valence-corrected chi connectivity index (χ1v) is 19.4. The fourth-order valence-electron chi connectivity index (χ4n) is 8.84. The summed E-state index contributed by atoms with van der Waals surface area (Å²) in [5.41, 5.74) is 17.1. The van der Waals surface area contributed by atoms with Crippen molar-refractivity contribution in [2.24, 2.45) is 4.99 Å². The van der Waals surface area contributed by atoms with Crippen LogP contribution in [0.15, 0.2) is 157 Å². The van der Waals surface area contributed by atoms with Crippen molar-refractivity contribution in [3.63, 3.8) is 0 Å². The van der Waals surface area contributed by atoms with Crippen LogP contribution in [0, 0.1) is 39.0 Å². The van der Waals surface area contributed by atoms with E-state index in [0.717, 1.165) is 61.5 Å². The number of aryl methyl sites for hydroxylation is 4. The van der Waals surface area contributed by atoms with Crippen molar-refractivity contribution >= 4 is 55.0 Å². The normalized spacial score (nSPS) is 14.4. The third kappa shape index (κ3) is 5.47. The van der Waals surface area contributed by atoms with E-state index in [1.165, 1.54) is 43.8 Å². The summed E-state index contributed by atoms with van der Waals surface area (Å²) >= 11 is 0. The lowest BCUT2D eigenvalue weighted by atomic mass is 9.84. The predicted molar refractivity (Wildman–Crippen MR) is 234 cm³/mol. The summed E-state index contributed by atoms with van der Waals surface area (Å²) in [6.07, 6.45) is 2.94. The lowest BCUT2D eigenvalue weighted by Gasteiger charge is -2.25. The molecule has 0 saturated carbocycles. The van der Waals surface area contributed by atoms with Crippen molar-refractivity contribution in [1.29, 1.82) is 5.26 Å². The Morgan fingerprint density at radius 1 is 0.518 bits per heavy atom. The van der Waals surface area contributed by atoms with E-state index < -0.39 is 0 Å². The molecular formula is C52H40N4. The van der Waals surface area contributed by atoms with Gasteiger partial charge < -0.3 is 9.13 Å². The van der Waals surface area contributed by atoms with Crippen LogP contribution in [0.3, 0.4) is 0 Å². The van der Waals surface area contributed by atoms with Gasteiger partial charge in [0.2, 0.25) is 0 Å². The van der Waals surface area contributed by atoms with Crippen molar-refractivity contribution in [3.8, 4) is 17.4 Å². The molecule has 0 fully saturated rings. The zero-order valence-corrected chi connectivity index (χ0v) is 32.0. The Morgan fingerprint density at radius 3 is 1.39 bits per heavy atom. The SMILES string of the molecule is Cc1ccc2c(c1)c1cc(C)ccc1n2-c1cc(C#N)c(C2C=C(c3ccccc3)N=C(c3ccccc3)C2)cc1-n1c2ccc(C)cc2c2cc(C)ccc21. The molecule has 0 saturated heterocycles. The summed E-state index contributed by atoms with van der Waals surface area (Å²) in [7, 11) is 0. The van der Waals surface area contributed by atoms with Crippen molar-refractivity contribution in [1.82, 2.24) is 9.13 Å². The van der Waals surface area contributed by atoms with E-state index in [9.17, 15) is 5.26 Å². The number of hydrogen-bond donors (Lipinski definition) is 0. The zero-order chi connectivity index (χ0) is 38.1. The summed E-state index contributed by atoms with van der Waals surface area (Å²) in [4.78, 5) is 5.25. The molecule has 7 aromatic carbocycles. The van der Waals surface area contributed by atoms with Crippen LogP contribution in [0.4, 0.5) is 0 Å². The van der Waals surface area contributed by atoms with Gasteiger partial charge in [-0.05, 0) is 105 Å². The number of aliphatic imine (C=N–C) groups is 1. The fourth-order valence-corrected chi connectivity index (χ4v) is 8.84. The van der Waals surface area contributed by atoms with Gasteiger partial charge in [-0.1, -0.05) is 113 Å². The molecule has 3 heterocycles. The van der Waals surface area contributed by atoms with Crippen molar-refractivity contribution < 1.29 is 0 Å². The van der Waals surface area contributed by atoms with E-state index in [1.807, 2.05) is 12.1 Å². The van der Waals surface area contributed by atoms with Crippen molar-refractivity contribution in [2.75, 3.05) is 0 Å². The molecule has 1 aliphatic rings. The van der Waals surface area contributed by atoms with Gasteiger partial charge in [-0.2, -0.15) is 5.26 Å². The second kappa shape index (κ2) is 13.1. The molecule has 1 atom stereocenters. The molecule has 1 unspecified atom stereocenters. The molecule has 0 radical (unpaired) electrons. The molecule has 268 valence electrons. The summed E-state index contributed by atoms with van der Waals surface area (Å²) < 4.78 is 4.81. The maximum Gasteiger partial charge on any atom is 0.0995 e. The summed E-state index contributed by atoms with van der Waals surface area (Å²) in [5.74, 6) is -0.0959. The number of aromatic nitrogens is 2. The Kier molecular flexibility index (Phi) is 7.87. The fraction of sp³-hybridized carbons (Fsp3) is 0.115. The Labute approximate surface area is 326 Å². The minimum atomic E-state index is -0.0959. The molecule has 1 aliphatic heterocycles. The topological polar surface area (TPSA) is 46.0 Å². The average molecular weight is 721 g/mol. The van der Waals surface area contributed by atoms with Gasteiger partial charge in [0, 0.05) is 39.6 Å². The second-order valence-corrected chi connectivity index (χ2v) is 15.4. The van der Waals surface area contributed by atoms with Crippen LogP contribution < -0.4 is 0 Å². The van der Waals surface area contributed by atoms with Gasteiger partial charge in [-0.25, -0.2) is 0 Å². The minimum absolute atomic E-state index is 0.0959. The molecule has 9 aromatic rings. The highest BCUT2D eigenvalue weighted by atomic mass is 15.1. The molecule has 2 aromatic heterocycles. The zero-order valence-electron chi connectivity index (χ0n) is 32.0. The minimum Gasteiger partial charge on any atom is -0.307 e. The van der Waals surface area contributed by atoms with Gasteiger partial charge in [-0.15, -0.1) is 0 Å². The van der Waals surface area contributed by atoms with E-state index in [4.69, 9.17) is 4.99 Å². The van der Waals surface area contributed by atoms with E-state index in [1.54, 1.807) is 0 Å². The molecule has 0 amide bonds. The summed E-state index contributed by atoms with van der Waals surface area (Å²) in [6, 6.07) is 55.0. The van der Waals surface area contributed by atoms with Crippen molar-refractivity contribution in [2.45, 2.75) is 40.0 Å². The van der Waals surface area contributed by atoms with Gasteiger partial charge in [0.25, 0.3) is 0 Å². The lowest BCUT2D eigenvalue weighted by molar-refractivity contribution is 0.871. The van der Waals surface area contributed by atoms with Gasteiger partial charge in [0.05, 0.1) is 50.8 Å². The van der Waals surface area contributed by atoms with Gasteiger partial charge >= 0.3 is 0 Å². The van der Waals surface area contributed by atoms with Gasteiger partial charge in [-0.3, -0.25) is 4.99 Å². The van der Waals surface area contributed by atoms with Crippen LogP contribution in [0.25, 0.3) is 60.7 Å². The Hall–Kier alpha value is -6.96. The van der Waals surface area contributed by atoms with Crippen LogP contribution in [-0.2, 0) is 0 Å². The molecule has 4 heteroatoms. The standard InChI is InChI=1S/C52H40N4/c1-32-15-19-47-41(23-32)42-24-33(2)16-20-48(42)55(47)51-29-39(31-53)40(30-52(51)56-49-21-17-34(3)25-43(49)44-26-35(4)18-22-50(44)56)38-27-45(36-11-7-5-8-12-36)54-46(28-38)37-13-9-6-10-14-37/h5-27,29-30,38H,28H2,1-4H3. The summed E-state index contributed by atoms with van der Waals surface area (Å²) in [5, 5.41) is 16.0. The second-order valence-electron chi connectivity index (χ2n) is 15.4. The highest BCUT2D eigenvalue weighted by Gasteiger charge is 2.27. The highest BCUT2D eigenvalue weighted by Crippen LogP contribution is 2.43. The number of benzene rings is 7. The molecule has 0 aliphatic carbocycles. The van der Waals surface area contributed by atoms with Crippen LogP contribution in [-0.4, -0.2) is 14.8 Å². The third-order valence-electron chi connectivity index (χ3n) is 11.5. The Balaban J connectivity index is 1.32. The van der Waals surface area contributed by atoms with Crippen LogP contribution in [0.2, 0.25) is 0 Å². The van der Waals surface area contributed by atoms with E-state index in [2.05, 4.69) is 182 Å². The maximum atomic E-state index is 11.1. The van der Waals surface area contributed by atoms with Crippen LogP contribution >= 0.6 is 0 Å². The average Bonchev–Trinajstić information content (AvgIpc) is 3.71. The van der Waals surface area contributed by atoms with Crippen LogP contribution in [0.5, 0.6) is 0 Å². The molecular weight excluding hydrogens is 681 g/mol. The predicted octanol–water partition coefficient (Wildman–Crippen LogP) is 13.0. The number of hydrogen-bond acceptors (Lipinski definition) is 2. The van der Waals surface area contributed by atoms with E-state index >= 15 is 0 Å². The highest BCUT2D eigenvalue weighted by molar-refractivity contribution is 6.12. The first-order valence-electron chi connectivity index (χ1n) is 19.4. The number of fused-ring (bicyclic) bond motifs is 6. The van der Waals surface area contributed by atoms with Crippen molar-refractivity contribution in [3.05, 3.63) is 196 Å². The number of nitrogens with zero attached hydrogens (tertiary/aromatic N) is 4. The third-order valence-corrected chi connectivity index (χ3v) is 11.5. The Bertz CT molecular complexity index is 3030. The van der Waals surface area contributed by atoms with Gasteiger partial charge in [0.15, 0.2) is 0 Å². The first kappa shape index (κ1) is 33.6. The molecule has 0 bridgehead atoms. The largest absolute Gasteiger partial charge is 0.307 e. The Morgan fingerprint density at radius 2 is 0.946 bits per heavy atom. The van der Waals surface area contributed by atoms with E-state index in [0.29, 0.717) is 12.0 Å². The van der Waals surface area contributed by atoms with Gasteiger partial charge in [0.1, 0.15) is 0 Å². The first-order chi connectivity index (χ1) is 27.3. The molecule has 10 rings (SSSR count). The number of allylic oxidation sites excluding steroid dienone is 1. The van der Waals surface area contributed by atoms with E-state index in [-0.39, 0.29) is 5.92 Å². The summed E-state index contributed by atoms with van der Waals surface area (Å²) in [6.45, 7) is 8.64. The molecule has 0 spiro atoms. The number of nitriles is 1. The molecule has 56 heavy (non-hydrogen) atoms. The van der Waals surface area contributed by atoms with Crippen LogP contribution in [0.1, 0.15) is 56.8 Å². The lowest BCUT2D eigenvalue weighted by Crippen LogP contribution is -2.15. The molecule has 0 N–H and O–H groups in total. The molecule has 4 nitrogen and oxygen atoms in total. The maximum absolute atomic E-state index is 11.1. The number of rotatable bonds is 5. The quantitative estimate of drug-likeness (QED) is 0.175. The monoisotopic (exact) mass is 720 g/mol.